The summed E-state index contributed by atoms with van der Waals surface area (Å²) < 4.78 is 0. The minimum atomic E-state index is 0. The normalized spacial score (nSPS) is 16.7. The van der Waals surface area contributed by atoms with Gasteiger partial charge in [-0.2, -0.15) is 0 Å². The van der Waals surface area contributed by atoms with Crippen molar-refractivity contribution < 1.29 is 0 Å². The second kappa shape index (κ2) is 5.81. The van der Waals surface area contributed by atoms with Crippen LogP contribution >= 0.6 is 12.4 Å². The van der Waals surface area contributed by atoms with Crippen molar-refractivity contribution in [2.45, 2.75) is 25.7 Å². The maximum absolute atomic E-state index is 5.90. The van der Waals surface area contributed by atoms with Crippen molar-refractivity contribution in [3.8, 4) is 0 Å². The van der Waals surface area contributed by atoms with Gasteiger partial charge in [0.15, 0.2) is 5.82 Å². The van der Waals surface area contributed by atoms with Gasteiger partial charge in [0.2, 0.25) is 0 Å². The van der Waals surface area contributed by atoms with E-state index in [1.54, 1.807) is 0 Å². The molecule has 2 heterocycles. The predicted octanol–water partition coefficient (Wildman–Crippen LogP) is 2.47. The number of halogens is 1. The van der Waals surface area contributed by atoms with Gasteiger partial charge in [0, 0.05) is 19.3 Å². The van der Waals surface area contributed by atoms with Crippen molar-refractivity contribution in [3.63, 3.8) is 0 Å². The number of aromatic nitrogens is 1. The molecule has 0 spiro atoms. The lowest BCUT2D eigenvalue weighted by atomic mass is 10.2. The predicted molar refractivity (Wildman–Crippen MR) is 66.6 cm³/mol. The monoisotopic (exact) mass is 227 g/mol. The second-order valence-corrected chi connectivity index (χ2v) is 3.82. The highest BCUT2D eigenvalue weighted by Crippen LogP contribution is 2.22. The van der Waals surface area contributed by atoms with Crippen molar-refractivity contribution in [2.24, 2.45) is 0 Å². The molecule has 0 radical (unpaired) electrons. The largest absolute Gasteiger partial charge is 0.396 e. The lowest BCUT2D eigenvalue weighted by molar-refractivity contribution is 0.726. The topological polar surface area (TPSA) is 42.1 Å². The SMILES string of the molecule is Cl.Nc1cccnc1N1CCCCCC1. The van der Waals surface area contributed by atoms with Gasteiger partial charge in [-0.25, -0.2) is 4.98 Å². The highest BCUT2D eigenvalue weighted by Gasteiger charge is 2.12. The molecule has 84 valence electrons. The van der Waals surface area contributed by atoms with Gasteiger partial charge in [0.1, 0.15) is 0 Å². The molecule has 3 nitrogen and oxygen atoms in total. The summed E-state index contributed by atoms with van der Waals surface area (Å²) in [7, 11) is 0. The molecule has 15 heavy (non-hydrogen) atoms. The Labute approximate surface area is 97.1 Å². The lowest BCUT2D eigenvalue weighted by Crippen LogP contribution is -2.25. The van der Waals surface area contributed by atoms with E-state index in [1.807, 2.05) is 18.3 Å². The number of hydrogen-bond acceptors (Lipinski definition) is 3. The first-order valence-corrected chi connectivity index (χ1v) is 5.33. The highest BCUT2D eigenvalue weighted by molar-refractivity contribution is 5.85. The molecule has 1 aliphatic heterocycles. The molecule has 0 aliphatic carbocycles. The van der Waals surface area contributed by atoms with E-state index in [1.165, 1.54) is 25.7 Å². The van der Waals surface area contributed by atoms with Crippen molar-refractivity contribution in [1.82, 2.24) is 4.98 Å². The van der Waals surface area contributed by atoms with E-state index in [9.17, 15) is 0 Å². The molecule has 1 aliphatic rings. The number of nitrogens with zero attached hydrogens (tertiary/aromatic N) is 2. The number of nitrogen functional groups attached to an aromatic ring is 1. The van der Waals surface area contributed by atoms with Crippen LogP contribution in [-0.2, 0) is 0 Å². The molecule has 0 atom stereocenters. The Morgan fingerprint density at radius 1 is 1.13 bits per heavy atom. The first kappa shape index (κ1) is 12.1. The van der Waals surface area contributed by atoms with Gasteiger partial charge in [-0.15, -0.1) is 12.4 Å². The fraction of sp³-hybridized carbons (Fsp3) is 0.545. The quantitative estimate of drug-likeness (QED) is 0.802. The number of hydrogen-bond donors (Lipinski definition) is 1. The maximum Gasteiger partial charge on any atom is 0.151 e. The molecule has 4 heteroatoms. The summed E-state index contributed by atoms with van der Waals surface area (Å²) in [5.74, 6) is 0.967. The first-order valence-electron chi connectivity index (χ1n) is 5.33. The lowest BCUT2D eigenvalue weighted by Gasteiger charge is -2.22. The van der Waals surface area contributed by atoms with E-state index in [4.69, 9.17) is 5.73 Å². The summed E-state index contributed by atoms with van der Waals surface area (Å²) in [6, 6.07) is 3.81. The maximum atomic E-state index is 5.90. The molecule has 0 bridgehead atoms. The Morgan fingerprint density at radius 3 is 2.40 bits per heavy atom. The number of nitrogens with two attached hydrogens (primary N) is 1. The van der Waals surface area contributed by atoms with Crippen LogP contribution in [-0.4, -0.2) is 18.1 Å². The van der Waals surface area contributed by atoms with Crippen molar-refractivity contribution in [2.75, 3.05) is 23.7 Å². The van der Waals surface area contributed by atoms with Crippen LogP contribution in [0.1, 0.15) is 25.7 Å². The first-order chi connectivity index (χ1) is 6.88. The zero-order valence-corrected chi connectivity index (χ0v) is 9.67. The fourth-order valence-electron chi connectivity index (χ4n) is 1.96. The van der Waals surface area contributed by atoms with Gasteiger partial charge in [-0.05, 0) is 25.0 Å². The third kappa shape index (κ3) is 2.99. The number of pyridine rings is 1. The van der Waals surface area contributed by atoms with E-state index in [-0.39, 0.29) is 12.4 Å². The third-order valence-corrected chi connectivity index (χ3v) is 2.72. The Hall–Kier alpha value is -0.960. The van der Waals surface area contributed by atoms with Crippen molar-refractivity contribution in [3.05, 3.63) is 18.3 Å². The molecule has 2 rings (SSSR count). The van der Waals surface area contributed by atoms with Crippen LogP contribution in [0.3, 0.4) is 0 Å². The summed E-state index contributed by atoms with van der Waals surface area (Å²) in [6.45, 7) is 2.20. The van der Waals surface area contributed by atoms with Gasteiger partial charge >= 0.3 is 0 Å². The van der Waals surface area contributed by atoms with Crippen LogP contribution in [0.2, 0.25) is 0 Å². The standard InChI is InChI=1S/C11H17N3.ClH/c12-10-6-5-7-13-11(10)14-8-3-1-2-4-9-14;/h5-7H,1-4,8-9,12H2;1H. The molecule has 1 fully saturated rings. The van der Waals surface area contributed by atoms with Crippen LogP contribution in [0, 0.1) is 0 Å². The molecule has 0 unspecified atom stereocenters. The van der Waals surface area contributed by atoms with E-state index in [0.29, 0.717) is 0 Å². The Bertz CT molecular complexity index is 296. The summed E-state index contributed by atoms with van der Waals surface area (Å²) in [5, 5.41) is 0. The highest BCUT2D eigenvalue weighted by atomic mass is 35.5. The average Bonchev–Trinajstić information content (AvgIpc) is 2.47. The molecular formula is C11H18ClN3. The van der Waals surface area contributed by atoms with Crippen LogP contribution in [0.25, 0.3) is 0 Å². The molecule has 2 N–H and O–H groups in total. The van der Waals surface area contributed by atoms with Crippen molar-refractivity contribution in [1.29, 1.82) is 0 Å². The summed E-state index contributed by atoms with van der Waals surface area (Å²) in [6.07, 6.45) is 7.01. The number of rotatable bonds is 1. The zero-order chi connectivity index (χ0) is 9.80. The van der Waals surface area contributed by atoms with Gasteiger partial charge < -0.3 is 10.6 Å². The van der Waals surface area contributed by atoms with Crippen LogP contribution in [0.15, 0.2) is 18.3 Å². The van der Waals surface area contributed by atoms with E-state index < -0.39 is 0 Å². The fourth-order valence-corrected chi connectivity index (χ4v) is 1.96. The molecule has 1 saturated heterocycles. The molecular weight excluding hydrogens is 210 g/mol. The minimum absolute atomic E-state index is 0. The van der Waals surface area contributed by atoms with E-state index in [2.05, 4.69) is 9.88 Å². The zero-order valence-electron chi connectivity index (χ0n) is 8.85. The number of anilines is 2. The Morgan fingerprint density at radius 2 is 1.80 bits per heavy atom. The Kier molecular flexibility index (Phi) is 4.69. The molecule has 1 aromatic heterocycles. The second-order valence-electron chi connectivity index (χ2n) is 3.82. The summed E-state index contributed by atoms with van der Waals surface area (Å²) in [5.41, 5.74) is 6.70. The van der Waals surface area contributed by atoms with Crippen LogP contribution < -0.4 is 10.6 Å². The third-order valence-electron chi connectivity index (χ3n) is 2.72. The van der Waals surface area contributed by atoms with Crippen molar-refractivity contribution >= 4 is 23.9 Å². The van der Waals surface area contributed by atoms with Gasteiger partial charge in [0.25, 0.3) is 0 Å². The van der Waals surface area contributed by atoms with E-state index >= 15 is 0 Å². The van der Waals surface area contributed by atoms with Crippen LogP contribution in [0.4, 0.5) is 11.5 Å². The van der Waals surface area contributed by atoms with Gasteiger partial charge in [-0.1, -0.05) is 12.8 Å². The van der Waals surface area contributed by atoms with Gasteiger partial charge in [-0.3, -0.25) is 0 Å². The molecule has 0 saturated carbocycles. The summed E-state index contributed by atoms with van der Waals surface area (Å²) in [4.78, 5) is 6.65. The van der Waals surface area contributed by atoms with Crippen LogP contribution in [0.5, 0.6) is 0 Å². The van der Waals surface area contributed by atoms with E-state index in [0.717, 1.165) is 24.6 Å². The molecule has 0 aromatic carbocycles. The molecule has 1 aromatic rings. The Balaban J connectivity index is 0.00000112. The average molecular weight is 228 g/mol. The summed E-state index contributed by atoms with van der Waals surface area (Å²) >= 11 is 0. The molecule has 0 amide bonds. The minimum Gasteiger partial charge on any atom is -0.396 e. The van der Waals surface area contributed by atoms with Gasteiger partial charge in [0.05, 0.1) is 5.69 Å². The smallest absolute Gasteiger partial charge is 0.151 e.